The zero-order valence-corrected chi connectivity index (χ0v) is 13.1. The fraction of sp³-hybridized carbons (Fsp3) is 0.438. The van der Waals surface area contributed by atoms with Crippen LogP contribution in [0.4, 0.5) is 0 Å². The summed E-state index contributed by atoms with van der Waals surface area (Å²) in [4.78, 5) is 23.0. The Bertz CT molecular complexity index is 515. The number of rotatable bonds is 8. The van der Waals surface area contributed by atoms with Gasteiger partial charge in [0, 0.05) is 12.1 Å². The minimum absolute atomic E-state index is 0.486. The van der Waals surface area contributed by atoms with Gasteiger partial charge in [-0.15, -0.1) is 0 Å². The molecule has 0 unspecified atom stereocenters. The molecule has 1 aromatic carbocycles. The Morgan fingerprint density at radius 3 is 2.68 bits per heavy atom. The number of hydrazone groups is 1. The summed E-state index contributed by atoms with van der Waals surface area (Å²) in [5.41, 5.74) is 2.94. The number of carbonyl (C=O) groups excluding carboxylic acids is 2. The smallest absolute Gasteiger partial charge is 0.329 e. The largest absolute Gasteiger partial charge is 0.493 e. The van der Waals surface area contributed by atoms with E-state index < -0.39 is 11.8 Å². The summed E-state index contributed by atoms with van der Waals surface area (Å²) in [6.45, 7) is 5.12. The van der Waals surface area contributed by atoms with Crippen molar-refractivity contribution in [3.63, 3.8) is 0 Å². The molecular weight excluding hydrogens is 282 g/mol. The Morgan fingerprint density at radius 1 is 1.18 bits per heavy atom. The molecule has 0 aliphatic rings. The first-order valence-corrected chi connectivity index (χ1v) is 7.52. The monoisotopic (exact) mass is 305 g/mol. The second-order valence-corrected chi connectivity index (χ2v) is 4.69. The van der Waals surface area contributed by atoms with Gasteiger partial charge < -0.3 is 10.1 Å². The molecule has 0 spiro atoms. The van der Waals surface area contributed by atoms with E-state index in [-0.39, 0.29) is 0 Å². The number of nitrogens with zero attached hydrogens (tertiary/aromatic N) is 1. The number of benzene rings is 1. The van der Waals surface area contributed by atoms with Gasteiger partial charge in [0.05, 0.1) is 12.8 Å². The maximum absolute atomic E-state index is 11.5. The van der Waals surface area contributed by atoms with Crippen molar-refractivity contribution in [3.8, 4) is 5.75 Å². The van der Waals surface area contributed by atoms with Crippen LogP contribution in [0, 0.1) is 0 Å². The molecule has 1 aromatic rings. The van der Waals surface area contributed by atoms with E-state index in [1.54, 1.807) is 0 Å². The maximum atomic E-state index is 11.5. The number of hydrogen-bond acceptors (Lipinski definition) is 4. The van der Waals surface area contributed by atoms with Crippen LogP contribution < -0.4 is 15.5 Å². The average molecular weight is 305 g/mol. The Hall–Kier alpha value is -2.37. The molecule has 120 valence electrons. The molecule has 0 saturated heterocycles. The lowest BCUT2D eigenvalue weighted by atomic mass is 10.2. The Morgan fingerprint density at radius 2 is 1.95 bits per heavy atom. The van der Waals surface area contributed by atoms with Crippen molar-refractivity contribution in [1.29, 1.82) is 0 Å². The summed E-state index contributed by atoms with van der Waals surface area (Å²) in [5, 5.41) is 6.32. The minimum Gasteiger partial charge on any atom is -0.493 e. The zero-order valence-electron chi connectivity index (χ0n) is 13.1. The van der Waals surface area contributed by atoms with Gasteiger partial charge in [-0.05, 0) is 25.0 Å². The summed E-state index contributed by atoms with van der Waals surface area (Å²) >= 11 is 0. The molecule has 1 rings (SSSR count). The third-order valence-electron chi connectivity index (χ3n) is 2.77. The number of hydrogen-bond donors (Lipinski definition) is 2. The normalized spacial score (nSPS) is 10.5. The molecule has 2 amide bonds. The van der Waals surface area contributed by atoms with E-state index in [1.165, 1.54) is 6.21 Å². The Kier molecular flexibility index (Phi) is 8.33. The van der Waals surface area contributed by atoms with Crippen LogP contribution in [0.1, 0.15) is 38.7 Å². The van der Waals surface area contributed by atoms with Crippen LogP contribution in [0.15, 0.2) is 29.4 Å². The zero-order chi connectivity index (χ0) is 16.2. The van der Waals surface area contributed by atoms with Gasteiger partial charge in [0.1, 0.15) is 5.75 Å². The first kappa shape index (κ1) is 17.7. The van der Waals surface area contributed by atoms with Crippen LogP contribution in [-0.4, -0.2) is 31.2 Å². The van der Waals surface area contributed by atoms with Crippen molar-refractivity contribution in [2.45, 2.75) is 33.1 Å². The van der Waals surface area contributed by atoms with Crippen LogP contribution in [0.2, 0.25) is 0 Å². The molecule has 0 saturated carbocycles. The third-order valence-corrected chi connectivity index (χ3v) is 2.77. The van der Waals surface area contributed by atoms with Crippen molar-refractivity contribution in [1.82, 2.24) is 10.7 Å². The van der Waals surface area contributed by atoms with Crippen LogP contribution in [-0.2, 0) is 9.59 Å². The van der Waals surface area contributed by atoms with Gasteiger partial charge in [-0.1, -0.05) is 32.4 Å². The fourth-order valence-electron chi connectivity index (χ4n) is 1.60. The summed E-state index contributed by atoms with van der Waals surface area (Å²) < 4.78 is 5.57. The summed E-state index contributed by atoms with van der Waals surface area (Å²) in [6.07, 6.45) is 4.15. The molecular formula is C16H23N3O3. The predicted molar refractivity (Wildman–Crippen MR) is 85.9 cm³/mol. The van der Waals surface area contributed by atoms with E-state index >= 15 is 0 Å². The molecule has 2 N–H and O–H groups in total. The van der Waals surface area contributed by atoms with E-state index in [1.807, 2.05) is 38.1 Å². The standard InChI is InChI=1S/C16H23N3O3/c1-3-5-10-17-15(20)16(21)19-18-12-13-8-6-7-9-14(13)22-11-4-2/h6-9,12H,3-5,10-11H2,1-2H3,(H,17,20)(H,19,21)/b18-12-. The van der Waals surface area contributed by atoms with Crippen LogP contribution in [0.25, 0.3) is 0 Å². The number of unbranched alkanes of at least 4 members (excludes halogenated alkanes) is 1. The maximum Gasteiger partial charge on any atom is 0.329 e. The molecule has 0 aromatic heterocycles. The number of nitrogens with one attached hydrogen (secondary N) is 2. The van der Waals surface area contributed by atoms with Crippen molar-refractivity contribution >= 4 is 18.0 Å². The molecule has 6 nitrogen and oxygen atoms in total. The summed E-state index contributed by atoms with van der Waals surface area (Å²) in [6, 6.07) is 7.36. The van der Waals surface area contributed by atoms with Gasteiger partial charge in [-0.2, -0.15) is 5.10 Å². The van der Waals surface area contributed by atoms with Crippen molar-refractivity contribution in [3.05, 3.63) is 29.8 Å². The summed E-state index contributed by atoms with van der Waals surface area (Å²) in [7, 11) is 0. The van der Waals surface area contributed by atoms with Crippen molar-refractivity contribution < 1.29 is 14.3 Å². The lowest BCUT2D eigenvalue weighted by molar-refractivity contribution is -0.139. The van der Waals surface area contributed by atoms with Crippen LogP contribution in [0.3, 0.4) is 0 Å². The van der Waals surface area contributed by atoms with Gasteiger partial charge in [-0.3, -0.25) is 9.59 Å². The molecule has 22 heavy (non-hydrogen) atoms. The van der Waals surface area contributed by atoms with Crippen molar-refractivity contribution in [2.24, 2.45) is 5.10 Å². The van der Waals surface area contributed by atoms with Crippen LogP contribution >= 0.6 is 0 Å². The fourth-order valence-corrected chi connectivity index (χ4v) is 1.60. The first-order chi connectivity index (χ1) is 10.7. The number of amides is 2. The highest BCUT2D eigenvalue weighted by Gasteiger charge is 2.11. The topological polar surface area (TPSA) is 79.8 Å². The second kappa shape index (κ2) is 10.4. The highest BCUT2D eigenvalue weighted by Crippen LogP contribution is 2.15. The number of para-hydroxylation sites is 1. The predicted octanol–water partition coefficient (Wildman–Crippen LogP) is 1.84. The Labute approximate surface area is 130 Å². The van der Waals surface area contributed by atoms with Crippen molar-refractivity contribution in [2.75, 3.05) is 13.2 Å². The quantitative estimate of drug-likeness (QED) is 0.333. The van der Waals surface area contributed by atoms with Gasteiger partial charge in [0.2, 0.25) is 0 Å². The minimum atomic E-state index is -0.778. The molecule has 0 bridgehead atoms. The van der Waals surface area contributed by atoms with Gasteiger partial charge >= 0.3 is 11.8 Å². The molecule has 0 aliphatic carbocycles. The van der Waals surface area contributed by atoms with E-state index in [2.05, 4.69) is 15.8 Å². The van der Waals surface area contributed by atoms with Gasteiger partial charge in [-0.25, -0.2) is 5.43 Å². The third kappa shape index (κ3) is 6.39. The van der Waals surface area contributed by atoms with Gasteiger partial charge in [0.25, 0.3) is 0 Å². The van der Waals surface area contributed by atoms with Gasteiger partial charge in [0.15, 0.2) is 0 Å². The second-order valence-electron chi connectivity index (χ2n) is 4.69. The number of carbonyl (C=O) groups is 2. The lowest BCUT2D eigenvalue weighted by Gasteiger charge is -2.07. The highest BCUT2D eigenvalue weighted by molar-refractivity contribution is 6.35. The molecule has 0 heterocycles. The lowest BCUT2D eigenvalue weighted by Crippen LogP contribution is -2.38. The van der Waals surface area contributed by atoms with E-state index in [0.717, 1.165) is 24.8 Å². The molecule has 6 heteroatoms. The number of ether oxygens (including phenoxy) is 1. The molecule has 0 atom stereocenters. The van der Waals surface area contributed by atoms with Crippen LogP contribution in [0.5, 0.6) is 5.75 Å². The first-order valence-electron chi connectivity index (χ1n) is 7.52. The molecule has 0 radical (unpaired) electrons. The SMILES string of the molecule is CCCCNC(=O)C(=O)N/N=C\c1ccccc1OCCC. The van der Waals surface area contributed by atoms with E-state index in [0.29, 0.717) is 18.9 Å². The Balaban J connectivity index is 2.51. The summed E-state index contributed by atoms with van der Waals surface area (Å²) in [5.74, 6) is -0.768. The highest BCUT2D eigenvalue weighted by atomic mass is 16.5. The molecule has 0 fully saturated rings. The van der Waals surface area contributed by atoms with E-state index in [4.69, 9.17) is 4.74 Å². The van der Waals surface area contributed by atoms with E-state index in [9.17, 15) is 9.59 Å². The average Bonchev–Trinajstić information content (AvgIpc) is 2.54. The molecule has 0 aliphatic heterocycles.